The van der Waals surface area contributed by atoms with E-state index in [0.717, 1.165) is 0 Å². The predicted octanol–water partition coefficient (Wildman–Crippen LogP) is 0.524. The number of ketones is 1. The molecule has 0 bridgehead atoms. The van der Waals surface area contributed by atoms with Crippen LogP contribution in [0.2, 0.25) is 0 Å². The Morgan fingerprint density at radius 3 is 2.91 bits per heavy atom. The molecule has 2 aliphatic rings. The Hall–Kier alpha value is -3.93. The van der Waals surface area contributed by atoms with Gasteiger partial charge in [0.25, 0.3) is 5.56 Å². The predicted molar refractivity (Wildman–Crippen MR) is 117 cm³/mol. The molecule has 2 aromatic heterocycles. The van der Waals surface area contributed by atoms with Crippen LogP contribution in [0.25, 0.3) is 11.0 Å². The van der Waals surface area contributed by atoms with Crippen molar-refractivity contribution in [2.75, 3.05) is 31.1 Å². The molecular weight excluding hydrogens is 447 g/mol. The highest BCUT2D eigenvalue weighted by atomic mass is 19.1. The maximum Gasteiger partial charge on any atom is 0.416 e. The SMILES string of the molecule is Cn1c(=O)cnc2ccc(F)c(CCNC[C@H]3CN(c4cnc5c(n4)CC(=O)CO5)C(=O)O3)c21. The molecule has 12 heteroatoms. The topological polar surface area (TPSA) is 129 Å². The van der Waals surface area contributed by atoms with Crippen LogP contribution in [0.5, 0.6) is 5.88 Å². The molecule has 3 aromatic rings. The zero-order valence-electron chi connectivity index (χ0n) is 18.3. The first kappa shape index (κ1) is 21.9. The first-order valence-electron chi connectivity index (χ1n) is 10.7. The molecule has 1 aromatic carbocycles. The summed E-state index contributed by atoms with van der Waals surface area (Å²) in [5.74, 6) is 0.0611. The lowest BCUT2D eigenvalue weighted by Gasteiger charge is -2.17. The molecule has 1 fully saturated rings. The van der Waals surface area contributed by atoms with Crippen LogP contribution in [0.15, 0.2) is 29.3 Å². The van der Waals surface area contributed by atoms with Gasteiger partial charge in [-0.1, -0.05) is 0 Å². The van der Waals surface area contributed by atoms with Crippen molar-refractivity contribution in [1.29, 1.82) is 0 Å². The summed E-state index contributed by atoms with van der Waals surface area (Å²) in [4.78, 5) is 49.8. The third kappa shape index (κ3) is 4.07. The lowest BCUT2D eigenvalue weighted by molar-refractivity contribution is -0.121. The number of hydrogen-bond acceptors (Lipinski definition) is 9. The van der Waals surface area contributed by atoms with E-state index < -0.39 is 18.0 Å². The second-order valence-corrected chi connectivity index (χ2v) is 8.10. The number of Topliss-reactive ketones (excluding diaryl/α,β-unsaturated/α-hetero) is 1. The van der Waals surface area contributed by atoms with Gasteiger partial charge in [0.05, 0.1) is 36.4 Å². The van der Waals surface area contributed by atoms with Crippen LogP contribution in [-0.4, -0.2) is 63.7 Å². The Morgan fingerprint density at radius 2 is 2.06 bits per heavy atom. The number of aryl methyl sites for hydroxylation is 1. The van der Waals surface area contributed by atoms with Gasteiger partial charge in [-0.25, -0.2) is 24.1 Å². The van der Waals surface area contributed by atoms with Gasteiger partial charge in [-0.05, 0) is 25.1 Å². The van der Waals surface area contributed by atoms with E-state index in [-0.39, 0.29) is 36.7 Å². The maximum atomic E-state index is 14.5. The molecule has 0 spiro atoms. The van der Waals surface area contributed by atoms with E-state index in [2.05, 4.69) is 20.3 Å². The van der Waals surface area contributed by atoms with Crippen LogP contribution in [0.1, 0.15) is 11.3 Å². The van der Waals surface area contributed by atoms with E-state index in [4.69, 9.17) is 9.47 Å². The molecule has 1 amide bonds. The van der Waals surface area contributed by atoms with Gasteiger partial charge in [-0.2, -0.15) is 0 Å². The fourth-order valence-corrected chi connectivity index (χ4v) is 4.09. The minimum Gasteiger partial charge on any atom is -0.468 e. The zero-order chi connectivity index (χ0) is 23.8. The molecule has 1 saturated heterocycles. The highest BCUT2D eigenvalue weighted by Crippen LogP contribution is 2.25. The molecule has 34 heavy (non-hydrogen) atoms. The number of rotatable bonds is 6. The molecule has 0 unspecified atom stereocenters. The monoisotopic (exact) mass is 468 g/mol. The molecular formula is C22H21FN6O5. The van der Waals surface area contributed by atoms with Gasteiger partial charge in [-0.15, -0.1) is 0 Å². The van der Waals surface area contributed by atoms with Crippen molar-refractivity contribution >= 4 is 28.7 Å². The number of carbonyl (C=O) groups excluding carboxylic acids is 2. The van der Waals surface area contributed by atoms with Crippen molar-refractivity contribution in [1.82, 2.24) is 24.8 Å². The number of ether oxygens (including phenoxy) is 2. The van der Waals surface area contributed by atoms with Crippen LogP contribution in [0.4, 0.5) is 15.0 Å². The summed E-state index contributed by atoms with van der Waals surface area (Å²) in [6.07, 6.45) is 2.03. The summed E-state index contributed by atoms with van der Waals surface area (Å²) in [6.45, 7) is 0.947. The zero-order valence-corrected chi connectivity index (χ0v) is 18.3. The van der Waals surface area contributed by atoms with E-state index >= 15 is 0 Å². The average molecular weight is 468 g/mol. The van der Waals surface area contributed by atoms with Gasteiger partial charge >= 0.3 is 6.09 Å². The largest absolute Gasteiger partial charge is 0.468 e. The molecule has 176 valence electrons. The summed E-state index contributed by atoms with van der Waals surface area (Å²) >= 11 is 0. The maximum absolute atomic E-state index is 14.5. The number of cyclic esters (lactones) is 1. The molecule has 2 aliphatic heterocycles. The second kappa shape index (κ2) is 8.78. The minimum atomic E-state index is -0.565. The van der Waals surface area contributed by atoms with Crippen LogP contribution in [-0.2, 0) is 29.4 Å². The van der Waals surface area contributed by atoms with Crippen LogP contribution in [0, 0.1) is 5.82 Å². The van der Waals surface area contributed by atoms with Crippen LogP contribution in [0.3, 0.4) is 0 Å². The third-order valence-electron chi connectivity index (χ3n) is 5.79. The standard InChI is InChI=1S/C22H21FN6O5/c1-28-19(31)9-25-16-3-2-15(23)14(20(16)28)4-5-24-7-13-10-29(22(32)34-13)18-8-26-21-17(27-18)6-12(30)11-33-21/h2-3,8-9,13,24H,4-7,10-11H2,1H3/t13-/m0/s1. The molecule has 0 radical (unpaired) electrons. The summed E-state index contributed by atoms with van der Waals surface area (Å²) in [5.41, 5.74) is 1.47. The highest BCUT2D eigenvalue weighted by molar-refractivity contribution is 5.89. The summed E-state index contributed by atoms with van der Waals surface area (Å²) in [5, 5.41) is 3.17. The van der Waals surface area contributed by atoms with E-state index in [9.17, 15) is 18.8 Å². The lowest BCUT2D eigenvalue weighted by atomic mass is 10.1. The Labute approximate surface area is 192 Å². The molecule has 5 rings (SSSR count). The van der Waals surface area contributed by atoms with E-state index in [1.54, 1.807) is 13.1 Å². The number of aromatic nitrogens is 4. The number of hydrogen-bond donors (Lipinski definition) is 1. The second-order valence-electron chi connectivity index (χ2n) is 8.10. The normalized spacial score (nSPS) is 17.6. The number of carbonyl (C=O) groups is 2. The Kier molecular flexibility index (Phi) is 5.65. The number of nitrogens with zero attached hydrogens (tertiary/aromatic N) is 5. The molecule has 1 atom stereocenters. The minimum absolute atomic E-state index is 0.0317. The summed E-state index contributed by atoms with van der Waals surface area (Å²) in [7, 11) is 1.58. The summed E-state index contributed by atoms with van der Waals surface area (Å²) in [6, 6.07) is 2.88. The van der Waals surface area contributed by atoms with Crippen molar-refractivity contribution in [3.8, 4) is 5.88 Å². The van der Waals surface area contributed by atoms with Crippen molar-refractivity contribution in [3.63, 3.8) is 0 Å². The lowest BCUT2D eigenvalue weighted by Crippen LogP contribution is -2.32. The van der Waals surface area contributed by atoms with Crippen molar-refractivity contribution in [2.45, 2.75) is 18.9 Å². The van der Waals surface area contributed by atoms with Crippen molar-refractivity contribution in [2.24, 2.45) is 7.05 Å². The summed E-state index contributed by atoms with van der Waals surface area (Å²) < 4.78 is 26.5. The van der Waals surface area contributed by atoms with Crippen LogP contribution >= 0.6 is 0 Å². The van der Waals surface area contributed by atoms with Gasteiger partial charge in [0, 0.05) is 19.2 Å². The number of halogens is 1. The highest BCUT2D eigenvalue weighted by Gasteiger charge is 2.34. The molecule has 4 heterocycles. The van der Waals surface area contributed by atoms with Crippen LogP contribution < -0.4 is 20.5 Å². The van der Waals surface area contributed by atoms with Gasteiger partial charge in [0.15, 0.2) is 11.6 Å². The molecule has 1 N–H and O–H groups in total. The first-order chi connectivity index (χ1) is 16.4. The van der Waals surface area contributed by atoms with Crippen molar-refractivity contribution < 1.29 is 23.5 Å². The number of fused-ring (bicyclic) bond motifs is 2. The number of benzene rings is 1. The van der Waals surface area contributed by atoms with E-state index in [1.807, 2.05) is 0 Å². The fraction of sp³-hybridized carbons (Fsp3) is 0.364. The molecule has 0 saturated carbocycles. The van der Waals surface area contributed by atoms with Gasteiger partial charge in [0.1, 0.15) is 24.2 Å². The van der Waals surface area contributed by atoms with E-state index in [1.165, 1.54) is 27.9 Å². The Balaban J connectivity index is 1.21. The quantitative estimate of drug-likeness (QED) is 0.515. The number of nitrogens with one attached hydrogen (secondary N) is 1. The number of amides is 1. The fourth-order valence-electron chi connectivity index (χ4n) is 4.09. The van der Waals surface area contributed by atoms with Crippen molar-refractivity contribution in [3.05, 3.63) is 52.0 Å². The third-order valence-corrected chi connectivity index (χ3v) is 5.79. The smallest absolute Gasteiger partial charge is 0.416 e. The molecule has 0 aliphatic carbocycles. The molecule has 11 nitrogen and oxygen atoms in total. The first-order valence-corrected chi connectivity index (χ1v) is 10.7. The van der Waals surface area contributed by atoms with Gasteiger partial charge < -0.3 is 19.4 Å². The number of anilines is 1. The van der Waals surface area contributed by atoms with Gasteiger partial charge in [-0.3, -0.25) is 14.5 Å². The Bertz CT molecular complexity index is 1360. The Morgan fingerprint density at radius 1 is 1.21 bits per heavy atom. The van der Waals surface area contributed by atoms with E-state index in [0.29, 0.717) is 47.7 Å². The van der Waals surface area contributed by atoms with Gasteiger partial charge in [0.2, 0.25) is 5.88 Å². The average Bonchev–Trinajstić information content (AvgIpc) is 3.20.